The zero-order chi connectivity index (χ0) is 29.1. The van der Waals surface area contributed by atoms with Gasteiger partial charge in [0.2, 0.25) is 5.78 Å². The number of ketones is 1. The van der Waals surface area contributed by atoms with Gasteiger partial charge in [-0.15, -0.1) is 23.2 Å². The fourth-order valence-electron chi connectivity index (χ4n) is 6.48. The van der Waals surface area contributed by atoms with Crippen molar-refractivity contribution in [1.29, 1.82) is 0 Å². The van der Waals surface area contributed by atoms with E-state index in [4.69, 9.17) is 32.8 Å². The van der Waals surface area contributed by atoms with Crippen LogP contribution in [0.25, 0.3) is 11.1 Å². The molecule has 0 heterocycles. The number of rotatable bonds is 11. The van der Waals surface area contributed by atoms with Crippen molar-refractivity contribution in [3.63, 3.8) is 0 Å². The van der Waals surface area contributed by atoms with Gasteiger partial charge < -0.3 is 9.57 Å². The van der Waals surface area contributed by atoms with E-state index in [0.717, 1.165) is 72.1 Å². The molecule has 0 fully saturated rings. The van der Waals surface area contributed by atoms with Gasteiger partial charge in [-0.2, -0.15) is 0 Å². The number of halogens is 2. The number of alkyl halides is 2. The number of benzene rings is 3. The van der Waals surface area contributed by atoms with E-state index in [1.807, 2.05) is 26.0 Å². The van der Waals surface area contributed by atoms with E-state index in [1.165, 1.54) is 11.1 Å². The molecule has 0 radical (unpaired) electrons. The summed E-state index contributed by atoms with van der Waals surface area (Å²) in [4.78, 5) is 31.6. The zero-order valence-electron chi connectivity index (χ0n) is 23.8. The Bertz CT molecular complexity index is 1500. The molecule has 7 heteroatoms. The molecule has 0 aliphatic heterocycles. The van der Waals surface area contributed by atoms with Crippen LogP contribution in [0.15, 0.2) is 53.7 Å². The quantitative estimate of drug-likeness (QED) is 0.0972. The number of unbranched alkanes of at least 4 members (excludes halogenated alkanes) is 2. The van der Waals surface area contributed by atoms with Crippen molar-refractivity contribution in [2.75, 3.05) is 18.9 Å². The van der Waals surface area contributed by atoms with Gasteiger partial charge in [0.25, 0.3) is 0 Å². The average molecular weight is 593 g/mol. The van der Waals surface area contributed by atoms with Crippen LogP contribution >= 0.6 is 23.2 Å². The lowest BCUT2D eigenvalue weighted by Gasteiger charge is -2.33. The summed E-state index contributed by atoms with van der Waals surface area (Å²) in [5.41, 5.74) is 8.53. The smallest absolute Gasteiger partial charge is 0.365 e. The third kappa shape index (κ3) is 5.67. The molecule has 41 heavy (non-hydrogen) atoms. The number of oxime groups is 1. The normalized spacial score (nSPS) is 15.5. The number of aryl methyl sites for hydroxylation is 2. The highest BCUT2D eigenvalue weighted by atomic mass is 35.5. The Balaban J connectivity index is 1.52. The monoisotopic (exact) mass is 591 g/mol. The van der Waals surface area contributed by atoms with Crippen molar-refractivity contribution in [1.82, 2.24) is 0 Å². The van der Waals surface area contributed by atoms with Gasteiger partial charge in [0.1, 0.15) is 11.5 Å². The molecule has 0 spiro atoms. The van der Waals surface area contributed by atoms with Gasteiger partial charge in [0.15, 0.2) is 0 Å². The molecule has 2 aliphatic rings. The number of hydrogen-bond donors (Lipinski definition) is 0. The van der Waals surface area contributed by atoms with Crippen LogP contribution in [0.4, 0.5) is 0 Å². The van der Waals surface area contributed by atoms with Crippen molar-refractivity contribution in [3.8, 4) is 16.9 Å². The van der Waals surface area contributed by atoms with Crippen LogP contribution in [0.5, 0.6) is 5.75 Å². The van der Waals surface area contributed by atoms with Crippen molar-refractivity contribution in [2.24, 2.45) is 5.16 Å². The van der Waals surface area contributed by atoms with Crippen LogP contribution in [-0.2, 0) is 16.7 Å². The van der Waals surface area contributed by atoms with Crippen molar-refractivity contribution >= 4 is 40.7 Å². The molecule has 0 saturated carbocycles. The molecular formula is C34H35Cl2NO4. The molecule has 0 bridgehead atoms. The predicted molar refractivity (Wildman–Crippen MR) is 165 cm³/mol. The zero-order valence-corrected chi connectivity index (χ0v) is 25.3. The topological polar surface area (TPSA) is 65.0 Å². The summed E-state index contributed by atoms with van der Waals surface area (Å²) < 4.78 is 5.63. The highest BCUT2D eigenvalue weighted by molar-refractivity contribution is 6.49. The first-order valence-corrected chi connectivity index (χ1v) is 15.3. The van der Waals surface area contributed by atoms with Gasteiger partial charge in [-0.05, 0) is 104 Å². The summed E-state index contributed by atoms with van der Waals surface area (Å²) in [5, 5.41) is 4.05. The minimum Gasteiger partial charge on any atom is -0.497 e. The van der Waals surface area contributed by atoms with Crippen LogP contribution in [-0.4, -0.2) is 36.3 Å². The molecule has 0 unspecified atom stereocenters. The Morgan fingerprint density at radius 3 is 2.15 bits per heavy atom. The molecule has 0 amide bonds. The molecule has 5 rings (SSSR count). The first-order chi connectivity index (χ1) is 19.8. The second kappa shape index (κ2) is 12.4. The average Bonchev–Trinajstić information content (AvgIpc) is 3.41. The lowest BCUT2D eigenvalue weighted by molar-refractivity contribution is 0.0515. The van der Waals surface area contributed by atoms with Gasteiger partial charge in [0, 0.05) is 29.2 Å². The van der Waals surface area contributed by atoms with Crippen LogP contribution in [0, 0.1) is 13.8 Å². The Morgan fingerprint density at radius 2 is 1.51 bits per heavy atom. The largest absolute Gasteiger partial charge is 0.497 e. The van der Waals surface area contributed by atoms with E-state index >= 15 is 0 Å². The van der Waals surface area contributed by atoms with Crippen LogP contribution < -0.4 is 4.74 Å². The summed E-state index contributed by atoms with van der Waals surface area (Å²) in [7, 11) is 1.69. The Hall–Kier alpha value is -3.15. The first kappa shape index (κ1) is 29.3. The van der Waals surface area contributed by atoms with Gasteiger partial charge in [-0.25, -0.2) is 4.79 Å². The number of Topliss-reactive ketones (excluding diaryl/α,β-unsaturated/α-hetero) is 1. The minimum absolute atomic E-state index is 0.194. The van der Waals surface area contributed by atoms with Crippen molar-refractivity contribution in [2.45, 2.75) is 64.2 Å². The Labute approximate surface area is 251 Å². The van der Waals surface area contributed by atoms with E-state index in [9.17, 15) is 9.59 Å². The van der Waals surface area contributed by atoms with Gasteiger partial charge >= 0.3 is 5.97 Å². The van der Waals surface area contributed by atoms with E-state index in [1.54, 1.807) is 19.2 Å². The molecule has 2 aliphatic carbocycles. The Morgan fingerprint density at radius 1 is 0.854 bits per heavy atom. The third-order valence-electron chi connectivity index (χ3n) is 8.33. The lowest BCUT2D eigenvalue weighted by atomic mass is 9.70. The molecule has 214 valence electrons. The maximum absolute atomic E-state index is 13.6. The molecule has 0 saturated heterocycles. The SMILES string of the molecule is COc1ccc2c(c1)C(CCCCCl)(CCCCCl)c1cc3c(cc1-2)C/C(=N\OC(=O)c1cc(C)cc(C)c1)C3=O. The number of nitrogens with zero attached hydrogens (tertiary/aromatic N) is 1. The highest BCUT2D eigenvalue weighted by Gasteiger charge is 2.44. The number of fused-ring (bicyclic) bond motifs is 4. The molecule has 3 aromatic carbocycles. The number of carbonyl (C=O) groups excluding carboxylic acids is 2. The highest BCUT2D eigenvalue weighted by Crippen LogP contribution is 2.56. The maximum atomic E-state index is 13.6. The minimum atomic E-state index is -0.573. The number of methoxy groups -OCH3 is 1. The van der Waals surface area contributed by atoms with Gasteiger partial charge in [-0.3, -0.25) is 4.79 Å². The van der Waals surface area contributed by atoms with E-state index in [0.29, 0.717) is 29.3 Å². The van der Waals surface area contributed by atoms with Crippen LogP contribution in [0.2, 0.25) is 0 Å². The van der Waals surface area contributed by atoms with E-state index < -0.39 is 5.97 Å². The van der Waals surface area contributed by atoms with E-state index in [2.05, 4.69) is 29.4 Å². The molecule has 0 aromatic heterocycles. The lowest BCUT2D eigenvalue weighted by Crippen LogP contribution is -2.26. The number of hydrogen-bond acceptors (Lipinski definition) is 5. The number of ether oxygens (including phenoxy) is 1. The summed E-state index contributed by atoms with van der Waals surface area (Å²) in [6.07, 6.45) is 5.91. The fraction of sp³-hybridized carbons (Fsp3) is 0.382. The van der Waals surface area contributed by atoms with Crippen molar-refractivity contribution < 1.29 is 19.2 Å². The van der Waals surface area contributed by atoms with Crippen LogP contribution in [0.1, 0.15) is 87.1 Å². The molecule has 5 nitrogen and oxygen atoms in total. The second-order valence-corrected chi connectivity index (χ2v) is 11.9. The summed E-state index contributed by atoms with van der Waals surface area (Å²) in [6, 6.07) is 16.0. The first-order valence-electron chi connectivity index (χ1n) is 14.2. The summed E-state index contributed by atoms with van der Waals surface area (Å²) in [6.45, 7) is 3.84. The summed E-state index contributed by atoms with van der Waals surface area (Å²) >= 11 is 12.2. The summed E-state index contributed by atoms with van der Waals surface area (Å²) in [5.74, 6) is 1.27. The standard InChI is InChI=1S/C34H35Cl2NO4/c1-21-14-22(2)16-24(15-21)33(39)41-37-31-18-23-17-28-26-9-8-25(40-3)19-29(26)34(10-4-6-12-35,11-5-7-13-36)30(28)20-27(23)32(31)38/h8-9,14-17,19-20H,4-7,10-13,18H2,1-3H3/b37-31+. The molecule has 0 N–H and O–H groups in total. The molecular weight excluding hydrogens is 557 g/mol. The maximum Gasteiger partial charge on any atom is 0.365 e. The van der Waals surface area contributed by atoms with E-state index in [-0.39, 0.29) is 16.9 Å². The third-order valence-corrected chi connectivity index (χ3v) is 8.86. The fourth-order valence-corrected chi connectivity index (χ4v) is 6.86. The van der Waals surface area contributed by atoms with Gasteiger partial charge in [-0.1, -0.05) is 41.3 Å². The number of carbonyl (C=O) groups is 2. The second-order valence-electron chi connectivity index (χ2n) is 11.1. The Kier molecular flexibility index (Phi) is 8.86. The molecule has 0 atom stereocenters. The predicted octanol–water partition coefficient (Wildman–Crippen LogP) is 8.35. The van der Waals surface area contributed by atoms with Gasteiger partial charge in [0.05, 0.1) is 12.7 Å². The van der Waals surface area contributed by atoms with Crippen molar-refractivity contribution in [3.05, 3.63) is 87.5 Å². The molecule has 3 aromatic rings. The van der Waals surface area contributed by atoms with Crippen LogP contribution in [0.3, 0.4) is 0 Å².